The molecule has 1 aromatic carbocycles. The van der Waals surface area contributed by atoms with Crippen LogP contribution >= 0.6 is 0 Å². The number of aromatic nitrogens is 3. The molecule has 0 aliphatic rings. The summed E-state index contributed by atoms with van der Waals surface area (Å²) in [5.74, 6) is -0.569. The first-order chi connectivity index (χ1) is 8.49. The molecule has 7 nitrogen and oxygen atoms in total. The van der Waals surface area contributed by atoms with Gasteiger partial charge in [0.15, 0.2) is 5.82 Å². The average molecular weight is 251 g/mol. The predicted octanol–water partition coefficient (Wildman–Crippen LogP) is 1.26. The third-order valence-electron chi connectivity index (χ3n) is 2.56. The summed E-state index contributed by atoms with van der Waals surface area (Å²) in [6.45, 7) is 1.99. The molecule has 2 N–H and O–H groups in total. The van der Waals surface area contributed by atoms with Gasteiger partial charge in [-0.05, 0) is 18.6 Å². The maximum absolute atomic E-state index is 13.4. The highest BCUT2D eigenvalue weighted by Gasteiger charge is 2.14. The number of benzene rings is 1. The fourth-order valence-electron chi connectivity index (χ4n) is 1.49. The molecule has 0 radical (unpaired) electrons. The number of hydrogen-bond acceptors (Lipinski definition) is 5. The van der Waals surface area contributed by atoms with Crippen molar-refractivity contribution in [2.75, 3.05) is 5.73 Å². The summed E-state index contributed by atoms with van der Waals surface area (Å²) in [5, 5.41) is 17.9. The molecule has 0 amide bonds. The van der Waals surface area contributed by atoms with Crippen LogP contribution in [0.1, 0.15) is 11.3 Å². The van der Waals surface area contributed by atoms with Crippen LogP contribution in [-0.4, -0.2) is 19.9 Å². The van der Waals surface area contributed by atoms with Crippen LogP contribution in [0.2, 0.25) is 0 Å². The molecule has 0 aliphatic heterocycles. The second kappa shape index (κ2) is 4.40. The van der Waals surface area contributed by atoms with Crippen LogP contribution in [-0.2, 0) is 6.54 Å². The van der Waals surface area contributed by atoms with Gasteiger partial charge < -0.3 is 5.73 Å². The van der Waals surface area contributed by atoms with Gasteiger partial charge >= 0.3 is 5.69 Å². The number of nitro groups is 1. The van der Waals surface area contributed by atoms with Crippen molar-refractivity contribution in [3.63, 3.8) is 0 Å². The van der Waals surface area contributed by atoms with Crippen molar-refractivity contribution < 1.29 is 9.31 Å². The molecule has 0 fully saturated rings. The molecule has 2 rings (SSSR count). The first-order valence-corrected chi connectivity index (χ1v) is 5.07. The molecule has 0 atom stereocenters. The molecule has 94 valence electrons. The van der Waals surface area contributed by atoms with Crippen molar-refractivity contribution in [1.82, 2.24) is 15.0 Å². The number of halogens is 1. The molecule has 0 aliphatic carbocycles. The summed E-state index contributed by atoms with van der Waals surface area (Å²) >= 11 is 0. The lowest BCUT2D eigenvalue weighted by molar-refractivity contribution is -0.387. The second-order valence-electron chi connectivity index (χ2n) is 3.76. The Morgan fingerprint density at radius 1 is 1.56 bits per heavy atom. The number of nitrogen functional groups attached to an aromatic ring is 1. The Labute approximate surface area is 101 Å². The number of nitrogens with zero attached hydrogens (tertiary/aromatic N) is 4. The molecule has 1 heterocycles. The quantitative estimate of drug-likeness (QED) is 0.653. The zero-order chi connectivity index (χ0) is 13.3. The lowest BCUT2D eigenvalue weighted by atomic mass is 10.2. The van der Waals surface area contributed by atoms with Crippen LogP contribution in [0.4, 0.5) is 15.9 Å². The van der Waals surface area contributed by atoms with Gasteiger partial charge in [0, 0.05) is 6.07 Å². The minimum atomic E-state index is -0.872. The highest BCUT2D eigenvalue weighted by atomic mass is 19.1. The largest absolute Gasteiger partial charge is 0.381 e. The van der Waals surface area contributed by atoms with E-state index in [2.05, 4.69) is 10.3 Å². The van der Waals surface area contributed by atoms with Crippen LogP contribution in [0.25, 0.3) is 0 Å². The fourth-order valence-corrected chi connectivity index (χ4v) is 1.49. The van der Waals surface area contributed by atoms with Gasteiger partial charge in [0.25, 0.3) is 0 Å². The van der Waals surface area contributed by atoms with Gasteiger partial charge in [-0.3, -0.25) is 10.1 Å². The predicted molar refractivity (Wildman–Crippen MR) is 61.3 cm³/mol. The molecular weight excluding hydrogens is 241 g/mol. The topological polar surface area (TPSA) is 99.9 Å². The maximum atomic E-state index is 13.4. The first kappa shape index (κ1) is 12.0. The van der Waals surface area contributed by atoms with E-state index in [1.54, 1.807) is 6.92 Å². The van der Waals surface area contributed by atoms with Crippen LogP contribution in [0.15, 0.2) is 18.2 Å². The molecule has 0 unspecified atom stereocenters. The van der Waals surface area contributed by atoms with Crippen molar-refractivity contribution in [3.05, 3.63) is 45.4 Å². The summed E-state index contributed by atoms with van der Waals surface area (Å²) in [5.41, 5.74) is 6.19. The highest BCUT2D eigenvalue weighted by molar-refractivity contribution is 5.36. The molecule has 8 heteroatoms. The summed E-state index contributed by atoms with van der Waals surface area (Å²) in [7, 11) is 0. The summed E-state index contributed by atoms with van der Waals surface area (Å²) in [6, 6.07) is 3.70. The van der Waals surface area contributed by atoms with E-state index in [1.807, 2.05) is 0 Å². The number of nitrogens with two attached hydrogens (primary N) is 1. The van der Waals surface area contributed by atoms with Gasteiger partial charge in [0.2, 0.25) is 5.82 Å². The average Bonchev–Trinajstić information content (AvgIpc) is 2.61. The van der Waals surface area contributed by atoms with Crippen molar-refractivity contribution in [1.29, 1.82) is 0 Å². The molecule has 18 heavy (non-hydrogen) atoms. The van der Waals surface area contributed by atoms with E-state index in [1.165, 1.54) is 10.7 Å². The smallest absolute Gasteiger partial charge is 0.304 e. The monoisotopic (exact) mass is 251 g/mol. The summed E-state index contributed by atoms with van der Waals surface area (Å²) < 4.78 is 14.9. The Morgan fingerprint density at radius 2 is 2.28 bits per heavy atom. The Bertz CT molecular complexity index is 610. The van der Waals surface area contributed by atoms with Crippen LogP contribution < -0.4 is 5.73 Å². The number of nitro benzene ring substituents is 1. The highest BCUT2D eigenvalue weighted by Crippen LogP contribution is 2.19. The summed E-state index contributed by atoms with van der Waals surface area (Å²) in [6.07, 6.45) is 0. The second-order valence-corrected chi connectivity index (χ2v) is 3.76. The lowest BCUT2D eigenvalue weighted by Crippen LogP contribution is -2.05. The van der Waals surface area contributed by atoms with Crippen molar-refractivity contribution >= 4 is 11.5 Å². The van der Waals surface area contributed by atoms with Crippen molar-refractivity contribution in [2.24, 2.45) is 0 Å². The van der Waals surface area contributed by atoms with Gasteiger partial charge in [0.1, 0.15) is 0 Å². The van der Waals surface area contributed by atoms with E-state index in [9.17, 15) is 14.5 Å². The Morgan fingerprint density at radius 3 is 2.78 bits per heavy atom. The van der Waals surface area contributed by atoms with E-state index in [-0.39, 0.29) is 6.54 Å². The number of hydrogen-bond donors (Lipinski definition) is 1. The zero-order valence-corrected chi connectivity index (χ0v) is 9.50. The van der Waals surface area contributed by atoms with Crippen molar-refractivity contribution in [3.8, 4) is 0 Å². The van der Waals surface area contributed by atoms with Crippen LogP contribution in [0.3, 0.4) is 0 Å². The van der Waals surface area contributed by atoms with E-state index in [0.29, 0.717) is 17.1 Å². The Balaban J connectivity index is 2.28. The lowest BCUT2D eigenvalue weighted by Gasteiger charge is -2.03. The maximum Gasteiger partial charge on any atom is 0.304 e. The summed E-state index contributed by atoms with van der Waals surface area (Å²) in [4.78, 5) is 9.70. The SMILES string of the molecule is Cc1c(N)nnn1Cc1ccc([N+](=O)[O-])c(F)c1. The minimum Gasteiger partial charge on any atom is -0.381 e. The first-order valence-electron chi connectivity index (χ1n) is 5.07. The molecule has 1 aromatic heterocycles. The van der Waals surface area contributed by atoms with Gasteiger partial charge in [0.05, 0.1) is 17.2 Å². The van der Waals surface area contributed by atoms with Gasteiger partial charge in [-0.1, -0.05) is 11.3 Å². The molecule has 0 saturated carbocycles. The van der Waals surface area contributed by atoms with Crippen molar-refractivity contribution in [2.45, 2.75) is 13.5 Å². The number of rotatable bonds is 3. The Kier molecular flexibility index (Phi) is 2.92. The zero-order valence-electron chi connectivity index (χ0n) is 9.50. The van der Waals surface area contributed by atoms with Gasteiger partial charge in [-0.25, -0.2) is 4.68 Å². The molecular formula is C10H10FN5O2. The Hall–Kier alpha value is -2.51. The normalized spacial score (nSPS) is 10.6. The van der Waals surface area contributed by atoms with Gasteiger partial charge in [-0.2, -0.15) is 4.39 Å². The molecule has 0 spiro atoms. The van der Waals surface area contributed by atoms with E-state index in [0.717, 1.165) is 12.1 Å². The van der Waals surface area contributed by atoms with Crippen LogP contribution in [0, 0.1) is 22.9 Å². The third kappa shape index (κ3) is 2.12. The molecule has 0 bridgehead atoms. The minimum absolute atomic E-state index is 0.255. The third-order valence-corrected chi connectivity index (χ3v) is 2.56. The van der Waals surface area contributed by atoms with Crippen LogP contribution in [0.5, 0.6) is 0 Å². The molecule has 2 aromatic rings. The van der Waals surface area contributed by atoms with E-state index < -0.39 is 16.4 Å². The van der Waals surface area contributed by atoms with E-state index in [4.69, 9.17) is 5.73 Å². The van der Waals surface area contributed by atoms with Gasteiger partial charge in [-0.15, -0.1) is 5.10 Å². The standard InChI is InChI=1S/C10H10FN5O2/c1-6-10(12)13-14-15(6)5-7-2-3-9(16(17)18)8(11)4-7/h2-4H,5,12H2,1H3. The number of anilines is 1. The molecule has 0 saturated heterocycles. The fraction of sp³-hybridized carbons (Fsp3) is 0.200. The van der Waals surface area contributed by atoms with E-state index >= 15 is 0 Å².